The van der Waals surface area contributed by atoms with Crippen LogP contribution in [0.5, 0.6) is 0 Å². The molecule has 1 N–H and O–H groups in total. The van der Waals surface area contributed by atoms with Crippen LogP contribution >= 0.6 is 11.3 Å². The summed E-state index contributed by atoms with van der Waals surface area (Å²) in [6.07, 6.45) is 1.61. The summed E-state index contributed by atoms with van der Waals surface area (Å²) in [5.41, 5.74) is 0. The molecule has 21 heavy (non-hydrogen) atoms. The number of nitrogens with zero attached hydrogens (tertiary/aromatic N) is 2. The zero-order chi connectivity index (χ0) is 15.2. The molecule has 0 aliphatic heterocycles. The lowest BCUT2D eigenvalue weighted by Gasteiger charge is -2.25. The molecule has 0 saturated heterocycles. The summed E-state index contributed by atoms with van der Waals surface area (Å²) in [5, 5.41) is 5.03. The molecule has 0 spiro atoms. The lowest BCUT2D eigenvalue weighted by molar-refractivity contribution is 0.197. The molecule has 0 fully saturated rings. The van der Waals surface area contributed by atoms with Crippen LogP contribution in [0.15, 0.2) is 40.3 Å². The Hall–Kier alpha value is -1.79. The zero-order valence-corrected chi connectivity index (χ0v) is 13.4. The summed E-state index contributed by atoms with van der Waals surface area (Å²) in [4.78, 5) is 17.1. The van der Waals surface area contributed by atoms with E-state index in [-0.39, 0.29) is 12.1 Å². The Bertz CT molecular complexity index is 537. The van der Waals surface area contributed by atoms with E-state index in [4.69, 9.17) is 4.42 Å². The highest BCUT2D eigenvalue weighted by atomic mass is 32.1. The minimum Gasteiger partial charge on any atom is -0.467 e. The SMILES string of the molecule is CN(Cc1ccco1)C(=O)NC[C@@H](c1cccs1)N(C)C. The van der Waals surface area contributed by atoms with Crippen LogP contribution in [0.4, 0.5) is 4.79 Å². The molecule has 0 saturated carbocycles. The highest BCUT2D eigenvalue weighted by molar-refractivity contribution is 7.10. The van der Waals surface area contributed by atoms with Gasteiger partial charge in [0.25, 0.3) is 0 Å². The monoisotopic (exact) mass is 307 g/mol. The maximum Gasteiger partial charge on any atom is 0.317 e. The van der Waals surface area contributed by atoms with Crippen LogP contribution < -0.4 is 5.32 Å². The molecule has 2 aromatic heterocycles. The quantitative estimate of drug-likeness (QED) is 0.893. The Morgan fingerprint density at radius 1 is 1.33 bits per heavy atom. The number of furan rings is 1. The fourth-order valence-electron chi connectivity index (χ4n) is 2.05. The summed E-state index contributed by atoms with van der Waals surface area (Å²) in [5.74, 6) is 0.773. The van der Waals surface area contributed by atoms with Crippen molar-refractivity contribution in [2.75, 3.05) is 27.7 Å². The second kappa shape index (κ2) is 7.28. The molecule has 2 amide bonds. The molecule has 0 aliphatic carbocycles. The number of thiophene rings is 1. The standard InChI is InChI=1S/C15H21N3O2S/c1-17(2)13(14-7-5-9-21-14)10-16-15(19)18(3)11-12-6-4-8-20-12/h4-9,13H,10-11H2,1-3H3,(H,16,19)/t13-/m0/s1. The number of nitrogens with one attached hydrogen (secondary N) is 1. The van der Waals surface area contributed by atoms with Gasteiger partial charge in [0.05, 0.1) is 18.8 Å². The third-order valence-corrected chi connectivity index (χ3v) is 4.23. The highest BCUT2D eigenvalue weighted by Gasteiger charge is 2.17. The number of likely N-dealkylation sites (N-methyl/N-ethyl adjacent to an activating group) is 1. The van der Waals surface area contributed by atoms with Crippen molar-refractivity contribution in [2.24, 2.45) is 0 Å². The molecule has 0 radical (unpaired) electrons. The first-order valence-electron chi connectivity index (χ1n) is 6.79. The van der Waals surface area contributed by atoms with Crippen molar-refractivity contribution in [3.05, 3.63) is 46.5 Å². The van der Waals surface area contributed by atoms with Gasteiger partial charge >= 0.3 is 6.03 Å². The van der Waals surface area contributed by atoms with E-state index in [1.54, 1.807) is 29.5 Å². The first-order valence-corrected chi connectivity index (χ1v) is 7.67. The first kappa shape index (κ1) is 15.6. The van der Waals surface area contributed by atoms with E-state index in [1.165, 1.54) is 4.88 Å². The maximum absolute atomic E-state index is 12.1. The number of carbonyl (C=O) groups excluding carboxylic acids is 1. The lowest BCUT2D eigenvalue weighted by Crippen LogP contribution is -2.41. The van der Waals surface area contributed by atoms with Crippen LogP contribution in [-0.2, 0) is 6.54 Å². The number of urea groups is 1. The van der Waals surface area contributed by atoms with Gasteiger partial charge in [-0.15, -0.1) is 11.3 Å². The molecule has 0 aliphatic rings. The summed E-state index contributed by atoms with van der Waals surface area (Å²) in [6.45, 7) is 1.04. The van der Waals surface area contributed by atoms with Gasteiger partial charge in [0.1, 0.15) is 5.76 Å². The van der Waals surface area contributed by atoms with E-state index < -0.39 is 0 Å². The van der Waals surface area contributed by atoms with Crippen molar-refractivity contribution in [3.8, 4) is 0 Å². The molecule has 1 atom stereocenters. The average molecular weight is 307 g/mol. The van der Waals surface area contributed by atoms with Crippen LogP contribution in [0.3, 0.4) is 0 Å². The van der Waals surface area contributed by atoms with E-state index in [0.29, 0.717) is 13.1 Å². The smallest absolute Gasteiger partial charge is 0.317 e. The Morgan fingerprint density at radius 3 is 2.71 bits per heavy atom. The molecule has 6 heteroatoms. The topological polar surface area (TPSA) is 48.7 Å². The number of hydrogen-bond donors (Lipinski definition) is 1. The largest absolute Gasteiger partial charge is 0.467 e. The predicted octanol–water partition coefficient (Wildman–Crippen LogP) is 2.79. The Kier molecular flexibility index (Phi) is 5.41. The molecule has 2 heterocycles. The predicted molar refractivity (Wildman–Crippen MR) is 84.3 cm³/mol. The van der Waals surface area contributed by atoms with E-state index in [2.05, 4.69) is 21.7 Å². The highest BCUT2D eigenvalue weighted by Crippen LogP contribution is 2.22. The third kappa shape index (κ3) is 4.34. The van der Waals surface area contributed by atoms with Gasteiger partial charge in [0.15, 0.2) is 0 Å². The van der Waals surface area contributed by atoms with Crippen molar-refractivity contribution in [1.82, 2.24) is 15.1 Å². The summed E-state index contributed by atoms with van der Waals surface area (Å²) in [7, 11) is 5.79. The van der Waals surface area contributed by atoms with Crippen molar-refractivity contribution < 1.29 is 9.21 Å². The second-order valence-electron chi connectivity index (χ2n) is 5.12. The van der Waals surface area contributed by atoms with Crippen LogP contribution in [0.25, 0.3) is 0 Å². The lowest BCUT2D eigenvalue weighted by atomic mass is 10.2. The number of amides is 2. The molecular formula is C15H21N3O2S. The molecule has 0 aromatic carbocycles. The van der Waals surface area contributed by atoms with Crippen LogP contribution in [0.2, 0.25) is 0 Å². The van der Waals surface area contributed by atoms with E-state index in [0.717, 1.165) is 5.76 Å². The Morgan fingerprint density at radius 2 is 2.14 bits per heavy atom. The fourth-order valence-corrected chi connectivity index (χ4v) is 2.97. The van der Waals surface area contributed by atoms with Gasteiger partial charge in [-0.05, 0) is 37.7 Å². The minimum absolute atomic E-state index is 0.102. The van der Waals surface area contributed by atoms with Crippen molar-refractivity contribution >= 4 is 17.4 Å². The molecule has 0 unspecified atom stereocenters. The van der Waals surface area contributed by atoms with Gasteiger partial charge in [0.2, 0.25) is 0 Å². The van der Waals surface area contributed by atoms with Gasteiger partial charge in [-0.1, -0.05) is 6.07 Å². The third-order valence-electron chi connectivity index (χ3n) is 3.26. The molecule has 2 rings (SSSR count). The molecular weight excluding hydrogens is 286 g/mol. The molecule has 5 nitrogen and oxygen atoms in total. The van der Waals surface area contributed by atoms with E-state index >= 15 is 0 Å². The normalized spacial score (nSPS) is 12.4. The van der Waals surface area contributed by atoms with Gasteiger partial charge in [-0.3, -0.25) is 0 Å². The number of rotatable bonds is 6. The molecule has 0 bridgehead atoms. The van der Waals surface area contributed by atoms with Gasteiger partial charge in [0, 0.05) is 18.5 Å². The van der Waals surface area contributed by atoms with E-state index in [1.807, 2.05) is 32.3 Å². The van der Waals surface area contributed by atoms with Crippen molar-refractivity contribution in [3.63, 3.8) is 0 Å². The summed E-state index contributed by atoms with van der Waals surface area (Å²) >= 11 is 1.70. The van der Waals surface area contributed by atoms with Crippen LogP contribution in [-0.4, -0.2) is 43.5 Å². The van der Waals surface area contributed by atoms with Crippen molar-refractivity contribution in [2.45, 2.75) is 12.6 Å². The van der Waals surface area contributed by atoms with Crippen molar-refractivity contribution in [1.29, 1.82) is 0 Å². The van der Waals surface area contributed by atoms with Gasteiger partial charge in [-0.2, -0.15) is 0 Å². The summed E-state index contributed by atoms with van der Waals surface area (Å²) in [6, 6.07) is 7.88. The maximum atomic E-state index is 12.1. The zero-order valence-electron chi connectivity index (χ0n) is 12.6. The second-order valence-corrected chi connectivity index (χ2v) is 6.10. The number of hydrogen-bond acceptors (Lipinski definition) is 4. The van der Waals surface area contributed by atoms with Gasteiger partial charge in [-0.25, -0.2) is 4.79 Å². The Balaban J connectivity index is 1.87. The number of carbonyl (C=O) groups is 1. The average Bonchev–Trinajstić information content (AvgIpc) is 3.11. The van der Waals surface area contributed by atoms with Crippen LogP contribution in [0, 0.1) is 0 Å². The first-order chi connectivity index (χ1) is 10.1. The van der Waals surface area contributed by atoms with E-state index in [9.17, 15) is 4.79 Å². The summed E-state index contributed by atoms with van der Waals surface area (Å²) < 4.78 is 5.25. The molecule has 2 aromatic rings. The van der Waals surface area contributed by atoms with Crippen LogP contribution in [0.1, 0.15) is 16.7 Å². The van der Waals surface area contributed by atoms with Gasteiger partial charge < -0.3 is 19.5 Å². The minimum atomic E-state index is -0.102. The molecule has 114 valence electrons. The fraction of sp³-hybridized carbons (Fsp3) is 0.400. The Labute approximate surface area is 129 Å².